The zero-order valence-corrected chi connectivity index (χ0v) is 19.4. The molecule has 0 radical (unpaired) electrons. The van der Waals surface area contributed by atoms with Crippen molar-refractivity contribution in [2.45, 2.75) is 13.5 Å². The van der Waals surface area contributed by atoms with Crippen LogP contribution in [0, 0.1) is 6.92 Å². The van der Waals surface area contributed by atoms with Gasteiger partial charge in [-0.3, -0.25) is 9.59 Å². The molecule has 0 spiro atoms. The normalized spacial score (nSPS) is 14.0. The number of aromatic carboxylic acids is 1. The van der Waals surface area contributed by atoms with Crippen LogP contribution >= 0.6 is 0 Å². The van der Waals surface area contributed by atoms with Crippen LogP contribution in [0.15, 0.2) is 78.5 Å². The van der Waals surface area contributed by atoms with Crippen LogP contribution in [0.25, 0.3) is 6.08 Å². The summed E-state index contributed by atoms with van der Waals surface area (Å²) in [5.41, 5.74) is 2.94. The standard InChI is InChI=1S/C27H23N3O6/c1-17-5-4-7-20(13-17)28-24(31)15-30-25(32)23(29-27(30)35)14-18-9-11-21(12-10-18)36-16-19-6-2-3-8-22(19)26(33)34/h2-14H,15-16H2,1H3,(H,28,31)(H,29,35)(H,33,34)/b23-14+. The second-order valence-electron chi connectivity index (χ2n) is 8.12. The van der Waals surface area contributed by atoms with Crippen molar-refractivity contribution in [3.63, 3.8) is 0 Å². The van der Waals surface area contributed by atoms with Crippen molar-refractivity contribution >= 4 is 35.6 Å². The number of nitrogens with one attached hydrogen (secondary N) is 2. The quantitative estimate of drug-likeness (QED) is 0.329. The first kappa shape index (κ1) is 24.2. The molecule has 4 rings (SSSR count). The second kappa shape index (κ2) is 10.6. The highest BCUT2D eigenvalue weighted by molar-refractivity contribution is 6.15. The van der Waals surface area contributed by atoms with Gasteiger partial charge in [-0.2, -0.15) is 0 Å². The summed E-state index contributed by atoms with van der Waals surface area (Å²) in [6.45, 7) is 1.55. The predicted molar refractivity (Wildman–Crippen MR) is 132 cm³/mol. The Balaban J connectivity index is 1.37. The maximum Gasteiger partial charge on any atom is 0.336 e. The number of amides is 4. The van der Waals surface area contributed by atoms with Crippen LogP contribution in [-0.4, -0.2) is 40.4 Å². The number of anilines is 1. The Morgan fingerprint density at radius 3 is 2.50 bits per heavy atom. The molecule has 1 saturated heterocycles. The van der Waals surface area contributed by atoms with Crippen LogP contribution < -0.4 is 15.4 Å². The van der Waals surface area contributed by atoms with Crippen LogP contribution in [0.1, 0.15) is 27.0 Å². The molecule has 1 aliphatic rings. The minimum Gasteiger partial charge on any atom is -0.489 e. The van der Waals surface area contributed by atoms with Crippen molar-refractivity contribution in [1.82, 2.24) is 10.2 Å². The number of rotatable bonds is 8. The maximum atomic E-state index is 12.7. The Labute approximate surface area is 207 Å². The summed E-state index contributed by atoms with van der Waals surface area (Å²) in [6.07, 6.45) is 1.50. The van der Waals surface area contributed by atoms with E-state index < -0.39 is 30.4 Å². The molecule has 4 amide bonds. The number of carbonyl (C=O) groups is 4. The van der Waals surface area contributed by atoms with E-state index in [1.165, 1.54) is 12.1 Å². The number of benzene rings is 3. The molecule has 0 atom stereocenters. The van der Waals surface area contributed by atoms with E-state index in [0.29, 0.717) is 22.6 Å². The second-order valence-corrected chi connectivity index (χ2v) is 8.12. The Morgan fingerprint density at radius 2 is 1.78 bits per heavy atom. The predicted octanol–water partition coefficient (Wildman–Crippen LogP) is 3.80. The molecule has 182 valence electrons. The van der Waals surface area contributed by atoms with E-state index in [1.54, 1.807) is 60.7 Å². The van der Waals surface area contributed by atoms with Gasteiger partial charge in [0.1, 0.15) is 24.6 Å². The van der Waals surface area contributed by atoms with Gasteiger partial charge in [0.05, 0.1) is 5.56 Å². The highest BCUT2D eigenvalue weighted by Crippen LogP contribution is 2.19. The molecule has 3 N–H and O–H groups in total. The lowest BCUT2D eigenvalue weighted by Gasteiger charge is -2.12. The molecule has 0 bridgehead atoms. The summed E-state index contributed by atoms with van der Waals surface area (Å²) in [7, 11) is 0. The van der Waals surface area contributed by atoms with Crippen molar-refractivity contribution in [3.05, 3.63) is 101 Å². The van der Waals surface area contributed by atoms with Crippen molar-refractivity contribution in [2.75, 3.05) is 11.9 Å². The number of hydrogen-bond donors (Lipinski definition) is 3. The molecule has 3 aromatic rings. The molecule has 1 heterocycles. The van der Waals surface area contributed by atoms with Crippen molar-refractivity contribution in [3.8, 4) is 5.75 Å². The summed E-state index contributed by atoms with van der Waals surface area (Å²) in [5.74, 6) is -1.61. The Kier molecular flexibility index (Phi) is 7.10. The number of carboxylic acid groups (broad SMARTS) is 1. The Bertz CT molecular complexity index is 1360. The fourth-order valence-corrected chi connectivity index (χ4v) is 3.62. The van der Waals surface area contributed by atoms with Crippen LogP contribution in [-0.2, 0) is 16.2 Å². The average molecular weight is 485 g/mol. The topological polar surface area (TPSA) is 125 Å². The average Bonchev–Trinajstić information content (AvgIpc) is 3.11. The monoisotopic (exact) mass is 485 g/mol. The third-order valence-corrected chi connectivity index (χ3v) is 5.40. The SMILES string of the molecule is Cc1cccc(NC(=O)CN2C(=O)N/C(=C/c3ccc(OCc4ccccc4C(=O)O)cc3)C2=O)c1. The van der Waals surface area contributed by atoms with E-state index in [1.807, 2.05) is 13.0 Å². The number of nitrogens with zero attached hydrogens (tertiary/aromatic N) is 1. The van der Waals surface area contributed by atoms with Gasteiger partial charge in [0, 0.05) is 11.3 Å². The fraction of sp³-hybridized carbons (Fsp3) is 0.111. The fourth-order valence-electron chi connectivity index (χ4n) is 3.62. The Morgan fingerprint density at radius 1 is 1.03 bits per heavy atom. The summed E-state index contributed by atoms with van der Waals surface area (Å²) in [5, 5.41) is 14.4. The minimum absolute atomic E-state index is 0.0485. The van der Waals surface area contributed by atoms with Gasteiger partial charge in [-0.1, -0.05) is 42.5 Å². The number of carbonyl (C=O) groups excluding carboxylic acids is 3. The minimum atomic E-state index is -1.03. The third kappa shape index (κ3) is 5.76. The van der Waals surface area contributed by atoms with E-state index in [9.17, 15) is 24.3 Å². The molecule has 0 unspecified atom stereocenters. The molecule has 0 aromatic heterocycles. The Hall–Kier alpha value is -4.92. The number of hydrogen-bond acceptors (Lipinski definition) is 5. The van der Waals surface area contributed by atoms with Gasteiger partial charge in [-0.25, -0.2) is 14.5 Å². The third-order valence-electron chi connectivity index (χ3n) is 5.40. The van der Waals surface area contributed by atoms with Gasteiger partial charge in [0.2, 0.25) is 5.91 Å². The first-order valence-corrected chi connectivity index (χ1v) is 11.1. The lowest BCUT2D eigenvalue weighted by Crippen LogP contribution is -2.38. The number of aryl methyl sites for hydroxylation is 1. The number of ether oxygens (including phenoxy) is 1. The number of carboxylic acids is 1. The molecule has 9 heteroatoms. The van der Waals surface area contributed by atoms with Gasteiger partial charge in [0.15, 0.2) is 0 Å². The van der Waals surface area contributed by atoms with Crippen LogP contribution in [0.5, 0.6) is 5.75 Å². The smallest absolute Gasteiger partial charge is 0.336 e. The molecule has 1 aliphatic heterocycles. The lowest BCUT2D eigenvalue weighted by atomic mass is 10.1. The first-order valence-electron chi connectivity index (χ1n) is 11.1. The van der Waals surface area contributed by atoms with E-state index in [-0.39, 0.29) is 17.9 Å². The largest absolute Gasteiger partial charge is 0.489 e. The number of urea groups is 1. The molecule has 36 heavy (non-hydrogen) atoms. The van der Waals surface area contributed by atoms with Gasteiger partial charge < -0.3 is 20.5 Å². The van der Waals surface area contributed by atoms with E-state index in [2.05, 4.69) is 10.6 Å². The summed E-state index contributed by atoms with van der Waals surface area (Å²) in [6, 6.07) is 19.8. The van der Waals surface area contributed by atoms with Crippen LogP contribution in [0.4, 0.5) is 10.5 Å². The first-order chi connectivity index (χ1) is 17.3. The van der Waals surface area contributed by atoms with Crippen molar-refractivity contribution in [2.24, 2.45) is 0 Å². The zero-order valence-electron chi connectivity index (χ0n) is 19.4. The highest BCUT2D eigenvalue weighted by atomic mass is 16.5. The van der Waals surface area contributed by atoms with Gasteiger partial charge >= 0.3 is 12.0 Å². The van der Waals surface area contributed by atoms with E-state index in [4.69, 9.17) is 4.74 Å². The molecule has 9 nitrogen and oxygen atoms in total. The van der Waals surface area contributed by atoms with Gasteiger partial charge in [-0.15, -0.1) is 0 Å². The van der Waals surface area contributed by atoms with Gasteiger partial charge in [0.25, 0.3) is 5.91 Å². The molecule has 0 aliphatic carbocycles. The molecule has 0 saturated carbocycles. The zero-order chi connectivity index (χ0) is 25.7. The summed E-state index contributed by atoms with van der Waals surface area (Å²) < 4.78 is 5.69. The van der Waals surface area contributed by atoms with Gasteiger partial charge in [-0.05, 0) is 54.5 Å². The lowest BCUT2D eigenvalue weighted by molar-refractivity contribution is -0.127. The molecule has 3 aromatic carbocycles. The van der Waals surface area contributed by atoms with E-state index in [0.717, 1.165) is 10.5 Å². The molecular formula is C27H23N3O6. The van der Waals surface area contributed by atoms with Crippen LogP contribution in [0.3, 0.4) is 0 Å². The highest BCUT2D eigenvalue weighted by Gasteiger charge is 2.34. The molecular weight excluding hydrogens is 462 g/mol. The molecule has 1 fully saturated rings. The van der Waals surface area contributed by atoms with E-state index >= 15 is 0 Å². The summed E-state index contributed by atoms with van der Waals surface area (Å²) >= 11 is 0. The maximum absolute atomic E-state index is 12.7. The van der Waals surface area contributed by atoms with Crippen LogP contribution in [0.2, 0.25) is 0 Å². The van der Waals surface area contributed by atoms with Crippen molar-refractivity contribution < 1.29 is 29.0 Å². The summed E-state index contributed by atoms with van der Waals surface area (Å²) in [4.78, 5) is 49.5. The van der Waals surface area contributed by atoms with Crippen molar-refractivity contribution in [1.29, 1.82) is 0 Å². The number of imide groups is 1.